The first-order valence-corrected chi connectivity index (χ1v) is 8.05. The van der Waals surface area contributed by atoms with E-state index in [0.717, 1.165) is 11.0 Å². The molecule has 0 aliphatic rings. The van der Waals surface area contributed by atoms with Crippen LogP contribution < -0.4 is 5.32 Å². The number of aromatic nitrogens is 2. The number of benzene rings is 1. The molecule has 0 saturated heterocycles. The minimum Gasteiger partial charge on any atom is -0.379 e. The zero-order chi connectivity index (χ0) is 13.7. The summed E-state index contributed by atoms with van der Waals surface area (Å²) in [5.74, 6) is 0.741. The Morgan fingerprint density at radius 1 is 1.32 bits per heavy atom. The summed E-state index contributed by atoms with van der Waals surface area (Å²) in [6, 6.07) is 7.76. The number of hydrogen-bond acceptors (Lipinski definition) is 5. The molecule has 7 heteroatoms. The molecule has 0 fully saturated rings. The Labute approximate surface area is 112 Å². The van der Waals surface area contributed by atoms with Crippen LogP contribution in [0.1, 0.15) is 0 Å². The Balaban J connectivity index is 1.71. The molecule has 104 valence electrons. The molecule has 0 unspecified atom stereocenters. The summed E-state index contributed by atoms with van der Waals surface area (Å²) in [6.07, 6.45) is 1.20. The third kappa shape index (κ3) is 4.53. The van der Waals surface area contributed by atoms with Crippen molar-refractivity contribution >= 4 is 26.8 Å². The predicted octanol–water partition coefficient (Wildman–Crippen LogP) is 1.04. The van der Waals surface area contributed by atoms with Gasteiger partial charge in [-0.25, -0.2) is 13.4 Å². The van der Waals surface area contributed by atoms with E-state index in [1.165, 1.54) is 6.26 Å². The maximum atomic E-state index is 10.9. The number of sulfone groups is 1. The van der Waals surface area contributed by atoms with Crippen molar-refractivity contribution < 1.29 is 13.2 Å². The average Bonchev–Trinajstić information content (AvgIpc) is 2.74. The summed E-state index contributed by atoms with van der Waals surface area (Å²) in [7, 11) is -2.94. The van der Waals surface area contributed by atoms with Gasteiger partial charge in [-0.15, -0.1) is 0 Å². The molecule has 2 rings (SSSR count). The molecule has 1 aromatic heterocycles. The Morgan fingerprint density at radius 3 is 2.84 bits per heavy atom. The third-order valence-electron chi connectivity index (χ3n) is 2.53. The Bertz CT molecular complexity index is 603. The molecular formula is C12H17N3O3S. The second kappa shape index (κ2) is 6.03. The van der Waals surface area contributed by atoms with Crippen LogP contribution in [-0.2, 0) is 14.6 Å². The average molecular weight is 283 g/mol. The van der Waals surface area contributed by atoms with Crippen LogP contribution in [0.3, 0.4) is 0 Å². The Kier molecular flexibility index (Phi) is 4.39. The highest BCUT2D eigenvalue weighted by molar-refractivity contribution is 7.90. The van der Waals surface area contributed by atoms with E-state index >= 15 is 0 Å². The van der Waals surface area contributed by atoms with Crippen molar-refractivity contribution in [3.63, 3.8) is 0 Å². The highest BCUT2D eigenvalue weighted by Gasteiger charge is 2.02. The Hall–Kier alpha value is -1.60. The summed E-state index contributed by atoms with van der Waals surface area (Å²) in [6.45, 7) is 1.23. The van der Waals surface area contributed by atoms with Crippen LogP contribution in [0.5, 0.6) is 0 Å². The van der Waals surface area contributed by atoms with E-state index in [1.54, 1.807) is 0 Å². The molecule has 0 radical (unpaired) electrons. The smallest absolute Gasteiger partial charge is 0.201 e. The number of nitrogens with one attached hydrogen (secondary N) is 2. The number of H-pyrrole nitrogens is 1. The van der Waals surface area contributed by atoms with Gasteiger partial charge in [-0.1, -0.05) is 12.1 Å². The lowest BCUT2D eigenvalue weighted by atomic mass is 10.3. The predicted molar refractivity (Wildman–Crippen MR) is 75.1 cm³/mol. The van der Waals surface area contributed by atoms with E-state index < -0.39 is 9.84 Å². The van der Waals surface area contributed by atoms with E-state index in [-0.39, 0.29) is 12.4 Å². The largest absolute Gasteiger partial charge is 0.379 e. The zero-order valence-electron chi connectivity index (χ0n) is 10.7. The van der Waals surface area contributed by atoms with Crippen LogP contribution in [0.25, 0.3) is 11.0 Å². The monoisotopic (exact) mass is 283 g/mol. The van der Waals surface area contributed by atoms with E-state index in [4.69, 9.17) is 4.74 Å². The standard InChI is InChI=1S/C12H17N3O3S/c1-19(16,17)9-8-18-7-6-13-12-14-10-4-2-3-5-11(10)15-12/h2-5H,6-9H2,1H3,(H2,13,14,15). The van der Waals surface area contributed by atoms with Gasteiger partial charge in [0.2, 0.25) is 5.95 Å². The molecule has 0 spiro atoms. The quantitative estimate of drug-likeness (QED) is 0.742. The van der Waals surface area contributed by atoms with Crippen LogP contribution in [0.2, 0.25) is 0 Å². The number of nitrogens with zero attached hydrogens (tertiary/aromatic N) is 1. The van der Waals surface area contributed by atoms with Crippen LogP contribution >= 0.6 is 0 Å². The maximum absolute atomic E-state index is 10.9. The number of anilines is 1. The minimum atomic E-state index is -2.94. The van der Waals surface area contributed by atoms with Gasteiger partial charge in [0.15, 0.2) is 0 Å². The molecule has 2 aromatic rings. The first-order chi connectivity index (χ1) is 9.04. The third-order valence-corrected chi connectivity index (χ3v) is 3.43. The van der Waals surface area contributed by atoms with Crippen molar-refractivity contribution in [1.29, 1.82) is 0 Å². The normalized spacial score (nSPS) is 11.8. The lowest BCUT2D eigenvalue weighted by Crippen LogP contribution is -2.15. The Morgan fingerprint density at radius 2 is 2.11 bits per heavy atom. The van der Waals surface area contributed by atoms with Crippen molar-refractivity contribution in [2.75, 3.05) is 37.1 Å². The van der Waals surface area contributed by atoms with Crippen molar-refractivity contribution in [1.82, 2.24) is 9.97 Å². The van der Waals surface area contributed by atoms with Crippen LogP contribution in [0, 0.1) is 0 Å². The summed E-state index contributed by atoms with van der Waals surface area (Å²) < 4.78 is 27.0. The lowest BCUT2D eigenvalue weighted by Gasteiger charge is -2.04. The summed E-state index contributed by atoms with van der Waals surface area (Å²) in [5, 5.41) is 3.09. The minimum absolute atomic E-state index is 0.0532. The first kappa shape index (κ1) is 13.8. The van der Waals surface area contributed by atoms with Gasteiger partial charge in [0, 0.05) is 12.8 Å². The van der Waals surface area contributed by atoms with E-state index in [9.17, 15) is 8.42 Å². The molecule has 0 atom stereocenters. The molecule has 1 aromatic carbocycles. The van der Waals surface area contributed by atoms with Crippen molar-refractivity contribution in [2.45, 2.75) is 0 Å². The number of hydrogen-bond donors (Lipinski definition) is 2. The molecule has 0 aliphatic carbocycles. The van der Waals surface area contributed by atoms with Gasteiger partial charge in [0.05, 0.1) is 30.0 Å². The summed E-state index contributed by atoms with van der Waals surface area (Å²) >= 11 is 0. The van der Waals surface area contributed by atoms with Gasteiger partial charge in [0.25, 0.3) is 0 Å². The van der Waals surface area contributed by atoms with Crippen LogP contribution in [0.15, 0.2) is 24.3 Å². The van der Waals surface area contributed by atoms with Gasteiger partial charge in [-0.3, -0.25) is 0 Å². The number of fused-ring (bicyclic) bond motifs is 1. The maximum Gasteiger partial charge on any atom is 0.201 e. The van der Waals surface area contributed by atoms with Gasteiger partial charge in [-0.2, -0.15) is 0 Å². The van der Waals surface area contributed by atoms with E-state index in [1.807, 2.05) is 24.3 Å². The lowest BCUT2D eigenvalue weighted by molar-refractivity contribution is 0.159. The number of aromatic amines is 1. The van der Waals surface area contributed by atoms with E-state index in [2.05, 4.69) is 15.3 Å². The summed E-state index contributed by atoms with van der Waals surface area (Å²) in [4.78, 5) is 7.49. The molecule has 0 amide bonds. The van der Waals surface area contributed by atoms with Crippen LogP contribution in [-0.4, -0.2) is 50.2 Å². The number of imidazole rings is 1. The molecule has 1 heterocycles. The molecule has 19 heavy (non-hydrogen) atoms. The van der Waals surface area contributed by atoms with Gasteiger partial charge < -0.3 is 15.0 Å². The van der Waals surface area contributed by atoms with Gasteiger partial charge >= 0.3 is 0 Å². The number of rotatable bonds is 7. The highest BCUT2D eigenvalue weighted by atomic mass is 32.2. The molecule has 2 N–H and O–H groups in total. The van der Waals surface area contributed by atoms with Gasteiger partial charge in [-0.05, 0) is 12.1 Å². The molecular weight excluding hydrogens is 266 g/mol. The molecule has 0 bridgehead atoms. The number of para-hydroxylation sites is 2. The summed E-state index contributed by atoms with van der Waals surface area (Å²) in [5.41, 5.74) is 1.88. The molecule has 6 nitrogen and oxygen atoms in total. The second-order valence-electron chi connectivity index (χ2n) is 4.27. The van der Waals surface area contributed by atoms with Crippen LogP contribution in [0.4, 0.5) is 5.95 Å². The SMILES string of the molecule is CS(=O)(=O)CCOCCNc1nc2ccccc2[nH]1. The van der Waals surface area contributed by atoms with E-state index in [0.29, 0.717) is 19.1 Å². The molecule has 0 aliphatic heterocycles. The zero-order valence-corrected chi connectivity index (χ0v) is 11.5. The van der Waals surface area contributed by atoms with Crippen molar-refractivity contribution in [3.05, 3.63) is 24.3 Å². The highest BCUT2D eigenvalue weighted by Crippen LogP contribution is 2.12. The number of ether oxygens (including phenoxy) is 1. The molecule has 0 saturated carbocycles. The first-order valence-electron chi connectivity index (χ1n) is 5.99. The second-order valence-corrected chi connectivity index (χ2v) is 6.53. The van der Waals surface area contributed by atoms with Crippen molar-refractivity contribution in [2.24, 2.45) is 0 Å². The topological polar surface area (TPSA) is 84.1 Å². The fraction of sp³-hybridized carbons (Fsp3) is 0.417. The fourth-order valence-electron chi connectivity index (χ4n) is 1.59. The van der Waals surface area contributed by atoms with Crippen molar-refractivity contribution in [3.8, 4) is 0 Å². The van der Waals surface area contributed by atoms with Gasteiger partial charge in [0.1, 0.15) is 9.84 Å². The fourth-order valence-corrected chi connectivity index (χ4v) is 2.01.